The van der Waals surface area contributed by atoms with E-state index in [2.05, 4.69) is 15.5 Å². The summed E-state index contributed by atoms with van der Waals surface area (Å²) in [6.07, 6.45) is 0.178. The van der Waals surface area contributed by atoms with Crippen molar-refractivity contribution in [2.75, 3.05) is 18.2 Å². The molecule has 2 aromatic carbocycles. The first-order valence-corrected chi connectivity index (χ1v) is 10.3. The fourth-order valence-electron chi connectivity index (χ4n) is 2.90. The number of thioether (sulfide) groups is 1. The summed E-state index contributed by atoms with van der Waals surface area (Å²) in [5, 5.41) is 22.9. The number of para-hydroxylation sites is 3. The van der Waals surface area contributed by atoms with Gasteiger partial charge in [-0.3, -0.25) is 14.9 Å². The lowest BCUT2D eigenvalue weighted by molar-refractivity contribution is -0.383. The highest BCUT2D eigenvalue weighted by atomic mass is 32.2. The number of hydrogen-bond donors (Lipinski definition) is 1. The van der Waals surface area contributed by atoms with Crippen molar-refractivity contribution in [1.29, 1.82) is 0 Å². The molecular formula is C20H21N5O4S. The molecule has 3 rings (SSSR count). The molecule has 3 aromatic rings. The average Bonchev–Trinajstić information content (AvgIpc) is 3.16. The van der Waals surface area contributed by atoms with Gasteiger partial charge in [-0.2, -0.15) is 0 Å². The Bertz CT molecular complexity index is 1050. The Balaban J connectivity index is 1.65. The minimum atomic E-state index is -0.520. The zero-order valence-corrected chi connectivity index (χ0v) is 17.4. The average molecular weight is 427 g/mol. The SMILES string of the molecule is CCn1c(SCCC(=O)Nc2ccccc2[N+](=O)[O-])nnc1-c1ccccc1OC. The van der Waals surface area contributed by atoms with Crippen molar-refractivity contribution < 1.29 is 14.5 Å². The molecule has 0 spiro atoms. The molecule has 0 fully saturated rings. The van der Waals surface area contributed by atoms with Crippen LogP contribution < -0.4 is 10.1 Å². The Morgan fingerprint density at radius 3 is 2.67 bits per heavy atom. The zero-order chi connectivity index (χ0) is 21.5. The number of rotatable bonds is 9. The van der Waals surface area contributed by atoms with E-state index in [0.29, 0.717) is 29.0 Å². The van der Waals surface area contributed by atoms with Crippen LogP contribution in [-0.2, 0) is 11.3 Å². The summed E-state index contributed by atoms with van der Waals surface area (Å²) in [6.45, 7) is 2.65. The van der Waals surface area contributed by atoms with Gasteiger partial charge in [0, 0.05) is 24.8 Å². The maximum absolute atomic E-state index is 12.2. The van der Waals surface area contributed by atoms with Crippen LogP contribution in [-0.4, -0.2) is 38.5 Å². The molecule has 0 unspecified atom stereocenters. The van der Waals surface area contributed by atoms with Crippen molar-refractivity contribution >= 4 is 29.0 Å². The smallest absolute Gasteiger partial charge is 0.292 e. The van der Waals surface area contributed by atoms with E-state index in [0.717, 1.165) is 5.56 Å². The monoisotopic (exact) mass is 427 g/mol. The number of nitrogens with zero attached hydrogens (tertiary/aromatic N) is 4. The van der Waals surface area contributed by atoms with Gasteiger partial charge in [0.2, 0.25) is 5.91 Å². The normalized spacial score (nSPS) is 10.6. The molecule has 0 aliphatic carbocycles. The molecule has 9 nitrogen and oxygen atoms in total. The molecule has 30 heavy (non-hydrogen) atoms. The number of ether oxygens (including phenoxy) is 1. The Hall–Kier alpha value is -3.40. The Labute approximate surface area is 177 Å². The summed E-state index contributed by atoms with van der Waals surface area (Å²) in [5.74, 6) is 1.56. The fourth-order valence-corrected chi connectivity index (χ4v) is 3.84. The van der Waals surface area contributed by atoms with Gasteiger partial charge in [0.05, 0.1) is 17.6 Å². The molecule has 0 bridgehead atoms. The van der Waals surface area contributed by atoms with Gasteiger partial charge in [0.15, 0.2) is 11.0 Å². The minimum Gasteiger partial charge on any atom is -0.496 e. The number of aromatic nitrogens is 3. The van der Waals surface area contributed by atoms with Crippen molar-refractivity contribution in [2.45, 2.75) is 25.0 Å². The standard InChI is InChI=1S/C20H21N5O4S/c1-3-24-19(14-8-4-7-11-17(14)29-2)22-23-20(24)30-13-12-18(26)21-15-9-5-6-10-16(15)25(27)28/h4-11H,3,12-13H2,1-2H3,(H,21,26). The molecule has 1 amide bonds. The first kappa shape index (κ1) is 21.3. The van der Waals surface area contributed by atoms with Gasteiger partial charge in [0.1, 0.15) is 11.4 Å². The summed E-state index contributed by atoms with van der Waals surface area (Å²) in [7, 11) is 1.61. The van der Waals surface area contributed by atoms with Gasteiger partial charge < -0.3 is 14.6 Å². The Morgan fingerprint density at radius 1 is 1.20 bits per heavy atom. The fraction of sp³-hybridized carbons (Fsp3) is 0.250. The van der Waals surface area contributed by atoms with E-state index in [1.54, 1.807) is 19.2 Å². The number of carbonyl (C=O) groups is 1. The van der Waals surface area contributed by atoms with Gasteiger partial charge in [-0.25, -0.2) is 0 Å². The summed E-state index contributed by atoms with van der Waals surface area (Å²) in [5.41, 5.74) is 0.897. The van der Waals surface area contributed by atoms with Crippen molar-refractivity contribution in [3.05, 3.63) is 58.6 Å². The topological polar surface area (TPSA) is 112 Å². The molecule has 1 aromatic heterocycles. The number of carbonyl (C=O) groups excluding carboxylic acids is 1. The third kappa shape index (κ3) is 4.77. The molecule has 0 aliphatic rings. The van der Waals surface area contributed by atoms with Crippen LogP contribution in [0.1, 0.15) is 13.3 Å². The lowest BCUT2D eigenvalue weighted by Crippen LogP contribution is -2.13. The summed E-state index contributed by atoms with van der Waals surface area (Å²) < 4.78 is 7.38. The van der Waals surface area contributed by atoms with Crippen LogP contribution >= 0.6 is 11.8 Å². The van der Waals surface area contributed by atoms with E-state index >= 15 is 0 Å². The summed E-state index contributed by atoms with van der Waals surface area (Å²) >= 11 is 1.40. The van der Waals surface area contributed by atoms with Crippen molar-refractivity contribution in [2.24, 2.45) is 0 Å². The Morgan fingerprint density at radius 2 is 1.93 bits per heavy atom. The molecule has 0 radical (unpaired) electrons. The number of nitro benzene ring substituents is 1. The maximum atomic E-state index is 12.2. The van der Waals surface area contributed by atoms with E-state index in [1.165, 1.54) is 23.9 Å². The van der Waals surface area contributed by atoms with E-state index in [-0.39, 0.29) is 23.7 Å². The molecule has 10 heteroatoms. The summed E-state index contributed by atoms with van der Waals surface area (Å²) in [6, 6.07) is 13.6. The number of methoxy groups -OCH3 is 1. The second-order valence-corrected chi connectivity index (χ2v) is 7.23. The van der Waals surface area contributed by atoms with E-state index in [4.69, 9.17) is 4.74 Å². The lowest BCUT2D eigenvalue weighted by Gasteiger charge is -2.10. The van der Waals surface area contributed by atoms with Crippen LogP contribution in [0.3, 0.4) is 0 Å². The quantitative estimate of drug-likeness (QED) is 0.312. The predicted molar refractivity (Wildman–Crippen MR) is 115 cm³/mol. The molecule has 1 N–H and O–H groups in total. The number of nitro groups is 1. The van der Waals surface area contributed by atoms with Gasteiger partial charge in [0.25, 0.3) is 5.69 Å². The number of nitrogens with one attached hydrogen (secondary N) is 1. The lowest BCUT2D eigenvalue weighted by atomic mass is 10.2. The molecule has 0 saturated heterocycles. The van der Waals surface area contributed by atoms with Crippen LogP contribution in [0, 0.1) is 10.1 Å². The Kier molecular flexibility index (Phi) is 7.02. The van der Waals surface area contributed by atoms with Crippen LogP contribution in [0.5, 0.6) is 5.75 Å². The molecular weight excluding hydrogens is 406 g/mol. The third-order valence-electron chi connectivity index (χ3n) is 4.32. The van der Waals surface area contributed by atoms with Crippen molar-refractivity contribution in [3.8, 4) is 17.1 Å². The zero-order valence-electron chi connectivity index (χ0n) is 16.6. The predicted octanol–water partition coefficient (Wildman–Crippen LogP) is 4.00. The largest absolute Gasteiger partial charge is 0.496 e. The highest BCUT2D eigenvalue weighted by molar-refractivity contribution is 7.99. The van der Waals surface area contributed by atoms with Gasteiger partial charge in [-0.1, -0.05) is 36.0 Å². The van der Waals surface area contributed by atoms with Gasteiger partial charge in [-0.05, 0) is 25.1 Å². The molecule has 1 heterocycles. The molecule has 0 atom stereocenters. The van der Waals surface area contributed by atoms with Gasteiger partial charge >= 0.3 is 0 Å². The van der Waals surface area contributed by atoms with E-state index in [9.17, 15) is 14.9 Å². The van der Waals surface area contributed by atoms with E-state index in [1.807, 2.05) is 35.8 Å². The van der Waals surface area contributed by atoms with Crippen LogP contribution in [0.25, 0.3) is 11.4 Å². The molecule has 156 valence electrons. The maximum Gasteiger partial charge on any atom is 0.292 e. The van der Waals surface area contributed by atoms with Gasteiger partial charge in [-0.15, -0.1) is 10.2 Å². The molecule has 0 aliphatic heterocycles. The van der Waals surface area contributed by atoms with E-state index < -0.39 is 4.92 Å². The first-order valence-electron chi connectivity index (χ1n) is 9.27. The van der Waals surface area contributed by atoms with Crippen LogP contribution in [0.15, 0.2) is 53.7 Å². The summed E-state index contributed by atoms with van der Waals surface area (Å²) in [4.78, 5) is 22.8. The second kappa shape index (κ2) is 9.88. The second-order valence-electron chi connectivity index (χ2n) is 6.17. The number of hydrogen-bond acceptors (Lipinski definition) is 7. The van der Waals surface area contributed by atoms with Crippen molar-refractivity contribution in [3.63, 3.8) is 0 Å². The number of anilines is 1. The minimum absolute atomic E-state index is 0.134. The number of benzene rings is 2. The highest BCUT2D eigenvalue weighted by Crippen LogP contribution is 2.31. The van der Waals surface area contributed by atoms with Crippen LogP contribution in [0.2, 0.25) is 0 Å². The highest BCUT2D eigenvalue weighted by Gasteiger charge is 2.18. The van der Waals surface area contributed by atoms with Crippen LogP contribution in [0.4, 0.5) is 11.4 Å². The first-order chi connectivity index (χ1) is 14.5. The number of amides is 1. The molecule has 0 saturated carbocycles. The van der Waals surface area contributed by atoms with Crippen molar-refractivity contribution in [1.82, 2.24) is 14.8 Å². The third-order valence-corrected chi connectivity index (χ3v) is 5.28.